The molecular weight excluding hydrogens is 224 g/mol. The number of aliphatic hydroxyl groups is 1. The Kier molecular flexibility index (Phi) is 5.25. The Hall–Kier alpha value is -0.0900. The third-order valence-electron chi connectivity index (χ3n) is 3.59. The fraction of sp³-hybridized carbons (Fsp3) is 1.00. The molecule has 1 saturated carbocycles. The molecule has 1 aliphatic carbocycles. The maximum absolute atomic E-state index is 11.6. The summed E-state index contributed by atoms with van der Waals surface area (Å²) in [5.41, 5.74) is 0. The van der Waals surface area contributed by atoms with Gasteiger partial charge in [-0.25, -0.2) is 8.42 Å². The van der Waals surface area contributed by atoms with Crippen LogP contribution in [0.4, 0.5) is 0 Å². The smallest absolute Gasteiger partial charge is 0.152 e. The predicted molar refractivity (Wildman–Crippen MR) is 66.1 cm³/mol. The largest absolute Gasteiger partial charge is 0.393 e. The minimum absolute atomic E-state index is 0.217. The van der Waals surface area contributed by atoms with E-state index in [0.717, 1.165) is 12.8 Å². The van der Waals surface area contributed by atoms with Crippen LogP contribution in [0.2, 0.25) is 0 Å². The van der Waals surface area contributed by atoms with E-state index in [2.05, 4.69) is 0 Å². The highest BCUT2D eigenvalue weighted by atomic mass is 32.2. The van der Waals surface area contributed by atoms with Crippen LogP contribution in [0.15, 0.2) is 0 Å². The van der Waals surface area contributed by atoms with Crippen molar-refractivity contribution < 1.29 is 13.5 Å². The minimum atomic E-state index is -2.93. The van der Waals surface area contributed by atoms with Crippen molar-refractivity contribution in [2.75, 3.05) is 5.75 Å². The molecule has 1 rings (SSSR count). The first-order chi connectivity index (χ1) is 7.43. The van der Waals surface area contributed by atoms with Crippen LogP contribution in [-0.4, -0.2) is 30.6 Å². The molecule has 96 valence electrons. The third kappa shape index (κ3) is 4.06. The summed E-state index contributed by atoms with van der Waals surface area (Å²) < 4.78 is 23.1. The molecule has 1 N–H and O–H groups in total. The van der Waals surface area contributed by atoms with Gasteiger partial charge in [-0.2, -0.15) is 0 Å². The Morgan fingerprint density at radius 1 is 1.25 bits per heavy atom. The Balaban J connectivity index is 2.24. The minimum Gasteiger partial charge on any atom is -0.393 e. The van der Waals surface area contributed by atoms with Crippen LogP contribution in [0, 0.1) is 5.92 Å². The van der Waals surface area contributed by atoms with Gasteiger partial charge in [0.2, 0.25) is 0 Å². The second-order valence-electron chi connectivity index (χ2n) is 5.17. The highest BCUT2D eigenvalue weighted by molar-refractivity contribution is 7.91. The van der Waals surface area contributed by atoms with Gasteiger partial charge in [0.1, 0.15) is 0 Å². The number of rotatable bonds is 6. The lowest BCUT2D eigenvalue weighted by atomic mass is 9.97. The summed E-state index contributed by atoms with van der Waals surface area (Å²) in [4.78, 5) is 0. The maximum Gasteiger partial charge on any atom is 0.152 e. The van der Waals surface area contributed by atoms with Crippen LogP contribution in [-0.2, 0) is 9.84 Å². The molecular formula is C12H24O3S. The highest BCUT2D eigenvalue weighted by Gasteiger charge is 2.23. The number of hydrogen-bond donors (Lipinski definition) is 1. The van der Waals surface area contributed by atoms with Gasteiger partial charge in [-0.05, 0) is 45.4 Å². The molecule has 0 amide bonds. The van der Waals surface area contributed by atoms with Crippen molar-refractivity contribution in [3.63, 3.8) is 0 Å². The number of aliphatic hydroxyl groups excluding tert-OH is 1. The first-order valence-electron chi connectivity index (χ1n) is 6.33. The normalized spacial score (nSPS) is 20.5. The van der Waals surface area contributed by atoms with Crippen molar-refractivity contribution in [2.24, 2.45) is 5.92 Å². The lowest BCUT2D eigenvalue weighted by molar-refractivity contribution is 0.101. The second kappa shape index (κ2) is 6.01. The lowest BCUT2D eigenvalue weighted by Gasteiger charge is -2.17. The van der Waals surface area contributed by atoms with Crippen LogP contribution >= 0.6 is 0 Å². The van der Waals surface area contributed by atoms with E-state index in [4.69, 9.17) is 0 Å². The molecule has 0 aromatic heterocycles. The monoisotopic (exact) mass is 248 g/mol. The second-order valence-corrected chi connectivity index (χ2v) is 7.85. The molecule has 0 heterocycles. The van der Waals surface area contributed by atoms with E-state index in [1.165, 1.54) is 12.8 Å². The van der Waals surface area contributed by atoms with Crippen LogP contribution in [0.5, 0.6) is 0 Å². The molecule has 0 radical (unpaired) electrons. The molecule has 1 unspecified atom stereocenters. The molecule has 4 heteroatoms. The van der Waals surface area contributed by atoms with Crippen molar-refractivity contribution in [3.05, 3.63) is 0 Å². The van der Waals surface area contributed by atoms with E-state index < -0.39 is 9.84 Å². The van der Waals surface area contributed by atoms with Gasteiger partial charge in [0, 0.05) is 0 Å². The van der Waals surface area contributed by atoms with Crippen LogP contribution in [0.3, 0.4) is 0 Å². The van der Waals surface area contributed by atoms with Gasteiger partial charge in [0.05, 0.1) is 17.1 Å². The standard InChI is InChI=1S/C12H24O3S/c1-10(2)16(14,15)9-5-8-12(13)11-6-3-4-7-11/h10-13H,3-9H2,1-2H3. The van der Waals surface area contributed by atoms with E-state index in [0.29, 0.717) is 18.8 Å². The van der Waals surface area contributed by atoms with Gasteiger partial charge in [-0.1, -0.05) is 12.8 Å². The summed E-state index contributed by atoms with van der Waals surface area (Å²) in [7, 11) is -2.93. The fourth-order valence-corrected chi connectivity index (χ4v) is 3.35. The summed E-state index contributed by atoms with van der Waals surface area (Å²) in [5.74, 6) is 0.635. The van der Waals surface area contributed by atoms with Gasteiger partial charge in [0.15, 0.2) is 9.84 Å². The van der Waals surface area contributed by atoms with Gasteiger partial charge in [0.25, 0.3) is 0 Å². The fourth-order valence-electron chi connectivity index (χ4n) is 2.31. The Bertz CT molecular complexity index is 289. The van der Waals surface area contributed by atoms with E-state index >= 15 is 0 Å². The molecule has 0 saturated heterocycles. The molecule has 0 aliphatic heterocycles. The van der Waals surface area contributed by atoms with Crippen molar-refractivity contribution in [1.82, 2.24) is 0 Å². The first-order valence-corrected chi connectivity index (χ1v) is 8.04. The average Bonchev–Trinajstić information content (AvgIpc) is 2.69. The molecule has 1 fully saturated rings. The average molecular weight is 248 g/mol. The topological polar surface area (TPSA) is 54.4 Å². The summed E-state index contributed by atoms with van der Waals surface area (Å²) in [5, 5.41) is 9.59. The van der Waals surface area contributed by atoms with Crippen molar-refractivity contribution >= 4 is 9.84 Å². The molecule has 1 aliphatic rings. The Labute approximate surface area is 99.2 Å². The maximum atomic E-state index is 11.6. The molecule has 16 heavy (non-hydrogen) atoms. The van der Waals surface area contributed by atoms with Crippen molar-refractivity contribution in [3.8, 4) is 0 Å². The molecule has 0 spiro atoms. The molecule has 0 bridgehead atoms. The zero-order valence-corrected chi connectivity index (χ0v) is 11.2. The summed E-state index contributed by atoms with van der Waals surface area (Å²) in [6, 6.07) is 0. The van der Waals surface area contributed by atoms with E-state index in [1.807, 2.05) is 0 Å². The van der Waals surface area contributed by atoms with Gasteiger partial charge < -0.3 is 5.11 Å². The van der Waals surface area contributed by atoms with Gasteiger partial charge >= 0.3 is 0 Å². The molecule has 0 aromatic rings. The quantitative estimate of drug-likeness (QED) is 0.783. The van der Waals surface area contributed by atoms with E-state index in [1.54, 1.807) is 13.8 Å². The van der Waals surface area contributed by atoms with Crippen LogP contribution < -0.4 is 0 Å². The van der Waals surface area contributed by atoms with Crippen molar-refractivity contribution in [2.45, 2.75) is 63.7 Å². The Morgan fingerprint density at radius 2 is 1.81 bits per heavy atom. The van der Waals surface area contributed by atoms with E-state index in [-0.39, 0.29) is 17.1 Å². The Morgan fingerprint density at radius 3 is 2.31 bits per heavy atom. The number of sulfone groups is 1. The van der Waals surface area contributed by atoms with Gasteiger partial charge in [-0.3, -0.25) is 0 Å². The molecule has 1 atom stereocenters. The van der Waals surface area contributed by atoms with Crippen LogP contribution in [0.25, 0.3) is 0 Å². The van der Waals surface area contributed by atoms with Crippen molar-refractivity contribution in [1.29, 1.82) is 0 Å². The SMILES string of the molecule is CC(C)S(=O)(=O)CCCC(O)C1CCCC1. The zero-order valence-electron chi connectivity index (χ0n) is 10.4. The van der Waals surface area contributed by atoms with Gasteiger partial charge in [-0.15, -0.1) is 0 Å². The number of hydrogen-bond acceptors (Lipinski definition) is 3. The summed E-state index contributed by atoms with van der Waals surface area (Å²) >= 11 is 0. The third-order valence-corrected chi connectivity index (χ3v) is 5.89. The zero-order chi connectivity index (χ0) is 12.2. The highest BCUT2D eigenvalue weighted by Crippen LogP contribution is 2.29. The van der Waals surface area contributed by atoms with E-state index in [9.17, 15) is 13.5 Å². The molecule has 0 aromatic carbocycles. The first kappa shape index (κ1) is 14.0. The predicted octanol–water partition coefficient (Wildman–Crippen LogP) is 2.14. The lowest BCUT2D eigenvalue weighted by Crippen LogP contribution is -2.21. The summed E-state index contributed by atoms with van der Waals surface area (Å²) in [6.45, 7) is 3.42. The summed E-state index contributed by atoms with van der Waals surface area (Å²) in [6.07, 6.45) is 5.59. The molecule has 3 nitrogen and oxygen atoms in total. The van der Waals surface area contributed by atoms with Crippen LogP contribution in [0.1, 0.15) is 52.4 Å².